The van der Waals surface area contributed by atoms with E-state index in [1.165, 1.54) is 0 Å². The first-order valence-corrected chi connectivity index (χ1v) is 12.4. The lowest BCUT2D eigenvalue weighted by Gasteiger charge is -2.45. The van der Waals surface area contributed by atoms with E-state index in [4.69, 9.17) is 4.74 Å². The largest absolute Gasteiger partial charge is 0.373 e. The quantitative estimate of drug-likeness (QED) is 0.721. The van der Waals surface area contributed by atoms with Crippen molar-refractivity contribution in [2.24, 2.45) is 5.92 Å². The van der Waals surface area contributed by atoms with Gasteiger partial charge in [-0.1, -0.05) is 30.3 Å². The standard InChI is InChI=1S/C26H39N3O3/c1-20-17-27(18-21(2)32-20)19-23-9-13-29(14-10-23)25(31)26(24-7-5-4-6-8-24)11-15-28(16-12-26)22(3)30/h4-8,20-21,23H,9-19H2,1-3H3. The number of carbonyl (C=O) groups is 2. The van der Waals surface area contributed by atoms with Crippen molar-refractivity contribution < 1.29 is 14.3 Å². The Morgan fingerprint density at radius 2 is 1.53 bits per heavy atom. The van der Waals surface area contributed by atoms with Crippen molar-refractivity contribution >= 4 is 11.8 Å². The molecular formula is C26H39N3O3. The summed E-state index contributed by atoms with van der Waals surface area (Å²) < 4.78 is 5.88. The molecule has 2 unspecified atom stereocenters. The third-order valence-corrected chi connectivity index (χ3v) is 7.71. The number of benzene rings is 1. The van der Waals surface area contributed by atoms with E-state index in [1.54, 1.807) is 6.92 Å². The van der Waals surface area contributed by atoms with E-state index in [0.717, 1.165) is 51.1 Å². The lowest BCUT2D eigenvalue weighted by molar-refractivity contribution is -0.143. The van der Waals surface area contributed by atoms with Crippen LogP contribution in [0.5, 0.6) is 0 Å². The number of hydrogen-bond donors (Lipinski definition) is 0. The molecule has 0 aromatic heterocycles. The van der Waals surface area contributed by atoms with Gasteiger partial charge in [0.2, 0.25) is 11.8 Å². The number of hydrogen-bond acceptors (Lipinski definition) is 4. The highest BCUT2D eigenvalue weighted by Gasteiger charge is 2.46. The van der Waals surface area contributed by atoms with Crippen LogP contribution in [0.15, 0.2) is 30.3 Å². The maximum Gasteiger partial charge on any atom is 0.233 e. The van der Waals surface area contributed by atoms with Crippen molar-refractivity contribution in [3.63, 3.8) is 0 Å². The van der Waals surface area contributed by atoms with Crippen LogP contribution in [0, 0.1) is 5.92 Å². The summed E-state index contributed by atoms with van der Waals surface area (Å²) in [6, 6.07) is 10.2. The van der Waals surface area contributed by atoms with E-state index in [9.17, 15) is 9.59 Å². The molecule has 0 bridgehead atoms. The molecule has 176 valence electrons. The first-order chi connectivity index (χ1) is 15.4. The fourth-order valence-electron chi connectivity index (χ4n) is 6.01. The molecule has 32 heavy (non-hydrogen) atoms. The highest BCUT2D eigenvalue weighted by atomic mass is 16.5. The number of piperidine rings is 2. The highest BCUT2D eigenvalue weighted by Crippen LogP contribution is 2.38. The molecule has 6 heteroatoms. The number of amides is 2. The molecule has 3 aliphatic rings. The summed E-state index contributed by atoms with van der Waals surface area (Å²) in [5.74, 6) is 1.01. The molecule has 3 heterocycles. The zero-order valence-corrected chi connectivity index (χ0v) is 20.0. The molecule has 0 saturated carbocycles. The molecule has 3 fully saturated rings. The third kappa shape index (κ3) is 5.01. The van der Waals surface area contributed by atoms with Crippen LogP contribution in [-0.2, 0) is 19.7 Å². The Hall–Kier alpha value is -1.92. The van der Waals surface area contributed by atoms with E-state index >= 15 is 0 Å². The number of likely N-dealkylation sites (tertiary alicyclic amines) is 2. The van der Waals surface area contributed by atoms with Gasteiger partial charge in [0, 0.05) is 52.7 Å². The van der Waals surface area contributed by atoms with Gasteiger partial charge in [0.15, 0.2) is 0 Å². The van der Waals surface area contributed by atoms with E-state index in [1.807, 2.05) is 23.1 Å². The van der Waals surface area contributed by atoms with Gasteiger partial charge in [-0.05, 0) is 51.0 Å². The fraction of sp³-hybridized carbons (Fsp3) is 0.692. The zero-order valence-electron chi connectivity index (χ0n) is 20.0. The van der Waals surface area contributed by atoms with Crippen molar-refractivity contribution in [2.75, 3.05) is 45.8 Å². The van der Waals surface area contributed by atoms with Crippen molar-refractivity contribution in [2.45, 2.75) is 64.1 Å². The predicted molar refractivity (Wildman–Crippen MR) is 125 cm³/mol. The van der Waals surface area contributed by atoms with Crippen LogP contribution in [0.1, 0.15) is 52.0 Å². The highest BCUT2D eigenvalue weighted by molar-refractivity contribution is 5.89. The fourth-order valence-corrected chi connectivity index (χ4v) is 6.01. The lowest BCUT2D eigenvalue weighted by atomic mass is 9.71. The molecule has 1 aromatic carbocycles. The average molecular weight is 442 g/mol. The maximum absolute atomic E-state index is 13.9. The topological polar surface area (TPSA) is 53.1 Å². The average Bonchev–Trinajstić information content (AvgIpc) is 2.79. The predicted octanol–water partition coefficient (Wildman–Crippen LogP) is 2.91. The third-order valence-electron chi connectivity index (χ3n) is 7.71. The van der Waals surface area contributed by atoms with Crippen LogP contribution < -0.4 is 0 Å². The summed E-state index contributed by atoms with van der Waals surface area (Å²) in [6.45, 7) is 12.0. The molecule has 0 radical (unpaired) electrons. The molecule has 6 nitrogen and oxygen atoms in total. The number of morpholine rings is 1. The number of carbonyl (C=O) groups excluding carboxylic acids is 2. The second-order valence-electron chi connectivity index (χ2n) is 10.2. The second-order valence-corrected chi connectivity index (χ2v) is 10.2. The minimum atomic E-state index is -0.505. The van der Waals surface area contributed by atoms with Crippen molar-refractivity contribution in [3.05, 3.63) is 35.9 Å². The first-order valence-electron chi connectivity index (χ1n) is 12.4. The molecule has 3 saturated heterocycles. The Labute approximate surface area is 192 Å². The Morgan fingerprint density at radius 3 is 2.09 bits per heavy atom. The minimum Gasteiger partial charge on any atom is -0.373 e. The van der Waals surface area contributed by atoms with E-state index < -0.39 is 5.41 Å². The summed E-state index contributed by atoms with van der Waals surface area (Å²) in [6.07, 6.45) is 4.14. The van der Waals surface area contributed by atoms with Gasteiger partial charge < -0.3 is 14.5 Å². The van der Waals surface area contributed by atoms with Crippen LogP contribution in [0.4, 0.5) is 0 Å². The molecule has 0 aliphatic carbocycles. The SMILES string of the molecule is CC(=O)N1CCC(C(=O)N2CCC(CN3CC(C)OC(C)C3)CC2)(c2ccccc2)CC1. The molecule has 0 N–H and O–H groups in total. The molecule has 4 rings (SSSR count). The van der Waals surface area contributed by atoms with Gasteiger partial charge in [-0.2, -0.15) is 0 Å². The van der Waals surface area contributed by atoms with Crippen molar-refractivity contribution in [1.82, 2.24) is 14.7 Å². The molecule has 3 aliphatic heterocycles. The molecule has 2 amide bonds. The Kier molecular flexibility index (Phi) is 7.21. The van der Waals surface area contributed by atoms with Crippen LogP contribution in [0.2, 0.25) is 0 Å². The van der Waals surface area contributed by atoms with Gasteiger partial charge in [0.25, 0.3) is 0 Å². The number of rotatable bonds is 4. The lowest BCUT2D eigenvalue weighted by Crippen LogP contribution is -2.55. The molecule has 2 atom stereocenters. The smallest absolute Gasteiger partial charge is 0.233 e. The second kappa shape index (κ2) is 9.92. The van der Waals surface area contributed by atoms with Crippen LogP contribution in [0.3, 0.4) is 0 Å². The summed E-state index contributed by atoms with van der Waals surface area (Å²) >= 11 is 0. The van der Waals surface area contributed by atoms with E-state index in [0.29, 0.717) is 44.1 Å². The van der Waals surface area contributed by atoms with Gasteiger partial charge in [0.1, 0.15) is 0 Å². The molecule has 1 aromatic rings. The Bertz CT molecular complexity index is 773. The number of nitrogens with zero attached hydrogens (tertiary/aromatic N) is 3. The summed E-state index contributed by atoms with van der Waals surface area (Å²) in [5.41, 5.74) is 0.599. The summed E-state index contributed by atoms with van der Waals surface area (Å²) in [4.78, 5) is 32.3. The Morgan fingerprint density at radius 1 is 0.938 bits per heavy atom. The van der Waals surface area contributed by atoms with E-state index in [-0.39, 0.29) is 11.8 Å². The van der Waals surface area contributed by atoms with Crippen LogP contribution in [-0.4, -0.2) is 84.5 Å². The van der Waals surface area contributed by atoms with Gasteiger partial charge in [-0.3, -0.25) is 14.5 Å². The maximum atomic E-state index is 13.9. The molecule has 0 spiro atoms. The summed E-state index contributed by atoms with van der Waals surface area (Å²) in [7, 11) is 0. The van der Waals surface area contributed by atoms with Gasteiger partial charge in [0.05, 0.1) is 17.6 Å². The van der Waals surface area contributed by atoms with Gasteiger partial charge in [-0.25, -0.2) is 0 Å². The first kappa shape index (κ1) is 23.2. The van der Waals surface area contributed by atoms with Crippen molar-refractivity contribution in [3.8, 4) is 0 Å². The van der Waals surface area contributed by atoms with Gasteiger partial charge in [-0.15, -0.1) is 0 Å². The van der Waals surface area contributed by atoms with Crippen molar-refractivity contribution in [1.29, 1.82) is 0 Å². The summed E-state index contributed by atoms with van der Waals surface area (Å²) in [5, 5.41) is 0. The van der Waals surface area contributed by atoms with E-state index in [2.05, 4.69) is 35.8 Å². The van der Waals surface area contributed by atoms with Crippen LogP contribution in [0.25, 0.3) is 0 Å². The normalized spacial score (nSPS) is 27.3. The van der Waals surface area contributed by atoms with Gasteiger partial charge >= 0.3 is 0 Å². The van der Waals surface area contributed by atoms with Crippen LogP contribution >= 0.6 is 0 Å². The Balaban J connectivity index is 1.40. The zero-order chi connectivity index (χ0) is 22.7. The molecular weight excluding hydrogens is 402 g/mol. The minimum absolute atomic E-state index is 0.103. The number of ether oxygens (including phenoxy) is 1. The monoisotopic (exact) mass is 441 g/mol.